The molecule has 0 fully saturated rings. The average Bonchev–Trinajstić information content (AvgIpc) is 2.61. The van der Waals surface area contributed by atoms with Gasteiger partial charge in [0.1, 0.15) is 5.75 Å². The Morgan fingerprint density at radius 2 is 1.72 bits per heavy atom. The van der Waals surface area contributed by atoms with Crippen LogP contribution in [-0.2, 0) is 9.53 Å². The standard InChI is InChI=1S/C19H22N2O4/c1-13(2)25-17-7-5-4-6-16(17)21-18(22)12-20-15-10-8-14(9-11-15)19(23)24-3/h4-11,13,20H,12H2,1-3H3,(H,21,22). The van der Waals surface area contributed by atoms with Crippen molar-refractivity contribution in [3.63, 3.8) is 0 Å². The van der Waals surface area contributed by atoms with E-state index in [-0.39, 0.29) is 18.6 Å². The molecular weight excluding hydrogens is 320 g/mol. The highest BCUT2D eigenvalue weighted by Crippen LogP contribution is 2.24. The molecule has 0 saturated heterocycles. The quantitative estimate of drug-likeness (QED) is 0.755. The van der Waals surface area contributed by atoms with E-state index in [0.29, 0.717) is 17.0 Å². The lowest BCUT2D eigenvalue weighted by Crippen LogP contribution is -2.22. The maximum absolute atomic E-state index is 12.1. The van der Waals surface area contributed by atoms with Crippen LogP contribution in [0.25, 0.3) is 0 Å². The van der Waals surface area contributed by atoms with Crippen LogP contribution >= 0.6 is 0 Å². The molecule has 6 heteroatoms. The van der Waals surface area contributed by atoms with Crippen molar-refractivity contribution < 1.29 is 19.1 Å². The molecule has 132 valence electrons. The number of nitrogens with one attached hydrogen (secondary N) is 2. The molecule has 25 heavy (non-hydrogen) atoms. The molecule has 0 unspecified atom stereocenters. The minimum Gasteiger partial charge on any atom is -0.489 e. The SMILES string of the molecule is COC(=O)c1ccc(NCC(=O)Nc2ccccc2OC(C)C)cc1. The summed E-state index contributed by atoms with van der Waals surface area (Å²) in [5.41, 5.74) is 1.82. The van der Waals surface area contributed by atoms with Gasteiger partial charge in [-0.25, -0.2) is 4.79 Å². The van der Waals surface area contributed by atoms with E-state index in [1.54, 1.807) is 30.3 Å². The van der Waals surface area contributed by atoms with E-state index >= 15 is 0 Å². The molecule has 2 rings (SSSR count). The lowest BCUT2D eigenvalue weighted by atomic mass is 10.2. The highest BCUT2D eigenvalue weighted by atomic mass is 16.5. The van der Waals surface area contributed by atoms with E-state index in [0.717, 1.165) is 5.69 Å². The van der Waals surface area contributed by atoms with Crippen LogP contribution in [0.1, 0.15) is 24.2 Å². The molecule has 0 aromatic heterocycles. The molecule has 0 bridgehead atoms. The highest BCUT2D eigenvalue weighted by molar-refractivity contribution is 5.95. The monoisotopic (exact) mass is 342 g/mol. The Labute approximate surface area is 147 Å². The van der Waals surface area contributed by atoms with E-state index in [1.807, 2.05) is 32.0 Å². The lowest BCUT2D eigenvalue weighted by molar-refractivity contribution is -0.114. The van der Waals surface area contributed by atoms with Crippen LogP contribution in [0.5, 0.6) is 5.75 Å². The summed E-state index contributed by atoms with van der Waals surface area (Å²) in [7, 11) is 1.33. The molecule has 0 atom stereocenters. The summed E-state index contributed by atoms with van der Waals surface area (Å²) < 4.78 is 10.3. The van der Waals surface area contributed by atoms with Gasteiger partial charge in [0.25, 0.3) is 0 Å². The van der Waals surface area contributed by atoms with Gasteiger partial charge in [-0.1, -0.05) is 12.1 Å². The smallest absolute Gasteiger partial charge is 0.337 e. The maximum atomic E-state index is 12.1. The predicted molar refractivity (Wildman–Crippen MR) is 97.1 cm³/mol. The normalized spacial score (nSPS) is 10.2. The third-order valence-corrected chi connectivity index (χ3v) is 3.28. The van der Waals surface area contributed by atoms with Crippen molar-refractivity contribution in [2.24, 2.45) is 0 Å². The first-order valence-electron chi connectivity index (χ1n) is 7.97. The molecule has 0 aliphatic carbocycles. The number of benzene rings is 2. The molecule has 2 aromatic carbocycles. The summed E-state index contributed by atoms with van der Waals surface area (Å²) in [6, 6.07) is 14.0. The van der Waals surface area contributed by atoms with E-state index in [9.17, 15) is 9.59 Å². The average molecular weight is 342 g/mol. The van der Waals surface area contributed by atoms with E-state index < -0.39 is 5.97 Å². The van der Waals surface area contributed by atoms with Crippen molar-refractivity contribution in [2.45, 2.75) is 20.0 Å². The number of methoxy groups -OCH3 is 1. The molecular formula is C19H22N2O4. The number of para-hydroxylation sites is 2. The molecule has 0 aliphatic heterocycles. The van der Waals surface area contributed by atoms with Crippen LogP contribution in [0.4, 0.5) is 11.4 Å². The fraction of sp³-hybridized carbons (Fsp3) is 0.263. The van der Waals surface area contributed by atoms with Gasteiger partial charge in [0.2, 0.25) is 5.91 Å². The molecule has 0 saturated carbocycles. The van der Waals surface area contributed by atoms with Crippen LogP contribution in [0, 0.1) is 0 Å². The van der Waals surface area contributed by atoms with E-state index in [1.165, 1.54) is 7.11 Å². The summed E-state index contributed by atoms with van der Waals surface area (Å²) in [6.45, 7) is 3.95. The summed E-state index contributed by atoms with van der Waals surface area (Å²) in [5, 5.41) is 5.83. The zero-order chi connectivity index (χ0) is 18.2. The number of carbonyl (C=O) groups excluding carboxylic acids is 2. The Morgan fingerprint density at radius 1 is 1.04 bits per heavy atom. The summed E-state index contributed by atoms with van der Waals surface area (Å²) in [4.78, 5) is 23.5. The van der Waals surface area contributed by atoms with Crippen molar-refractivity contribution >= 4 is 23.3 Å². The number of carbonyl (C=O) groups is 2. The molecule has 0 aliphatic rings. The molecule has 6 nitrogen and oxygen atoms in total. The van der Waals surface area contributed by atoms with Gasteiger partial charge in [0.15, 0.2) is 0 Å². The fourth-order valence-corrected chi connectivity index (χ4v) is 2.15. The molecule has 0 spiro atoms. The number of hydrogen-bond donors (Lipinski definition) is 2. The van der Waals surface area contributed by atoms with Gasteiger partial charge in [-0.2, -0.15) is 0 Å². The zero-order valence-electron chi connectivity index (χ0n) is 14.5. The summed E-state index contributed by atoms with van der Waals surface area (Å²) in [5.74, 6) is 0.0381. The van der Waals surface area contributed by atoms with Crippen molar-refractivity contribution in [1.82, 2.24) is 0 Å². The number of ether oxygens (including phenoxy) is 2. The number of anilines is 2. The molecule has 2 aromatic rings. The first-order valence-corrected chi connectivity index (χ1v) is 7.97. The maximum Gasteiger partial charge on any atom is 0.337 e. The second kappa shape index (κ2) is 8.73. The zero-order valence-corrected chi connectivity index (χ0v) is 14.5. The number of amides is 1. The van der Waals surface area contributed by atoms with Gasteiger partial charge in [-0.15, -0.1) is 0 Å². The van der Waals surface area contributed by atoms with Gasteiger partial charge in [-0.3, -0.25) is 4.79 Å². The van der Waals surface area contributed by atoms with Crippen LogP contribution < -0.4 is 15.4 Å². The van der Waals surface area contributed by atoms with Crippen molar-refractivity contribution in [1.29, 1.82) is 0 Å². The van der Waals surface area contributed by atoms with Crippen molar-refractivity contribution in [2.75, 3.05) is 24.3 Å². The molecule has 0 radical (unpaired) electrons. The van der Waals surface area contributed by atoms with E-state index in [4.69, 9.17) is 4.74 Å². The topological polar surface area (TPSA) is 76.7 Å². The lowest BCUT2D eigenvalue weighted by Gasteiger charge is -2.15. The Bertz CT molecular complexity index is 726. The number of rotatable bonds is 7. The third-order valence-electron chi connectivity index (χ3n) is 3.28. The molecule has 2 N–H and O–H groups in total. The molecule has 0 heterocycles. The number of hydrogen-bond acceptors (Lipinski definition) is 5. The molecule has 1 amide bonds. The highest BCUT2D eigenvalue weighted by Gasteiger charge is 2.09. The first kappa shape index (κ1) is 18.3. The fourth-order valence-electron chi connectivity index (χ4n) is 2.15. The minimum absolute atomic E-state index is 0.0181. The predicted octanol–water partition coefficient (Wildman–Crippen LogP) is 3.31. The third kappa shape index (κ3) is 5.53. The largest absolute Gasteiger partial charge is 0.489 e. The Morgan fingerprint density at radius 3 is 2.36 bits per heavy atom. The van der Waals surface area contributed by atoms with E-state index in [2.05, 4.69) is 15.4 Å². The van der Waals surface area contributed by atoms with Crippen LogP contribution in [0.15, 0.2) is 48.5 Å². The Kier molecular flexibility index (Phi) is 6.39. The Balaban J connectivity index is 1.92. The number of esters is 1. The Hall–Kier alpha value is -3.02. The van der Waals surface area contributed by atoms with Gasteiger partial charge in [0.05, 0.1) is 31.0 Å². The second-order valence-electron chi connectivity index (χ2n) is 5.63. The van der Waals surface area contributed by atoms with Crippen LogP contribution in [0.2, 0.25) is 0 Å². The minimum atomic E-state index is -0.397. The first-order chi connectivity index (χ1) is 12.0. The summed E-state index contributed by atoms with van der Waals surface area (Å²) >= 11 is 0. The van der Waals surface area contributed by atoms with Crippen LogP contribution in [0.3, 0.4) is 0 Å². The van der Waals surface area contributed by atoms with Gasteiger partial charge < -0.3 is 20.1 Å². The summed E-state index contributed by atoms with van der Waals surface area (Å²) in [6.07, 6.45) is 0.0181. The second-order valence-corrected chi connectivity index (χ2v) is 5.63. The van der Waals surface area contributed by atoms with Gasteiger partial charge in [0, 0.05) is 5.69 Å². The van der Waals surface area contributed by atoms with Crippen molar-refractivity contribution in [3.8, 4) is 5.75 Å². The van der Waals surface area contributed by atoms with Gasteiger partial charge >= 0.3 is 5.97 Å². The van der Waals surface area contributed by atoms with Crippen molar-refractivity contribution in [3.05, 3.63) is 54.1 Å². The van der Waals surface area contributed by atoms with Crippen LogP contribution in [-0.4, -0.2) is 31.6 Å². The van der Waals surface area contributed by atoms with Gasteiger partial charge in [-0.05, 0) is 50.2 Å².